The van der Waals surface area contributed by atoms with Gasteiger partial charge in [-0.1, -0.05) is 11.1 Å². The van der Waals surface area contributed by atoms with Crippen LogP contribution in [0.4, 0.5) is 0 Å². The van der Waals surface area contributed by atoms with Crippen molar-refractivity contribution in [3.8, 4) is 0 Å². The standard InChI is InChI=1S/C9H17NSi/c1-5-6(2)8(4)9(11-10)7(5)3/h9H,10-11H2,1-4H3. The zero-order chi connectivity index (χ0) is 8.59. The number of rotatable bonds is 1. The molecule has 1 nitrogen and oxygen atoms in total. The maximum Gasteiger partial charge on any atom is 0.100 e. The minimum Gasteiger partial charge on any atom is -0.355 e. The highest BCUT2D eigenvalue weighted by Gasteiger charge is 2.22. The molecule has 1 aliphatic carbocycles. The van der Waals surface area contributed by atoms with E-state index in [2.05, 4.69) is 27.7 Å². The van der Waals surface area contributed by atoms with Crippen LogP contribution >= 0.6 is 0 Å². The van der Waals surface area contributed by atoms with Gasteiger partial charge < -0.3 is 5.40 Å². The van der Waals surface area contributed by atoms with E-state index in [-0.39, 0.29) is 9.68 Å². The first-order valence-electron chi connectivity index (χ1n) is 4.14. The third kappa shape index (κ3) is 1.21. The number of allylic oxidation sites excluding steroid dienone is 4. The first-order valence-corrected chi connectivity index (χ1v) is 5.78. The Balaban J connectivity index is 3.04. The van der Waals surface area contributed by atoms with Crippen LogP contribution in [0.2, 0.25) is 5.54 Å². The zero-order valence-electron chi connectivity index (χ0n) is 7.86. The highest BCUT2D eigenvalue weighted by atomic mass is 28.2. The fraction of sp³-hybridized carbons (Fsp3) is 0.556. The van der Waals surface area contributed by atoms with Crippen LogP contribution in [0.3, 0.4) is 0 Å². The van der Waals surface area contributed by atoms with E-state index in [0.717, 1.165) is 0 Å². The van der Waals surface area contributed by atoms with Gasteiger partial charge in [-0.05, 0) is 38.8 Å². The summed E-state index contributed by atoms with van der Waals surface area (Å²) in [6.07, 6.45) is 0. The molecule has 0 amide bonds. The Hall–Kier alpha value is -0.343. The number of nitrogens with two attached hydrogens (primary N) is 1. The molecular weight excluding hydrogens is 150 g/mol. The molecule has 2 N–H and O–H groups in total. The molecule has 0 aromatic rings. The van der Waals surface area contributed by atoms with Crippen LogP contribution in [-0.2, 0) is 0 Å². The predicted octanol–water partition coefficient (Wildman–Crippen LogP) is 1.50. The van der Waals surface area contributed by atoms with Crippen LogP contribution in [-0.4, -0.2) is 9.68 Å². The lowest BCUT2D eigenvalue weighted by molar-refractivity contribution is 1.10. The first-order chi connectivity index (χ1) is 5.09. The van der Waals surface area contributed by atoms with Gasteiger partial charge in [0, 0.05) is 5.54 Å². The summed E-state index contributed by atoms with van der Waals surface area (Å²) in [6, 6.07) is 0. The lowest BCUT2D eigenvalue weighted by Gasteiger charge is -2.09. The van der Waals surface area contributed by atoms with E-state index in [1.807, 2.05) is 0 Å². The molecule has 0 unspecified atom stereocenters. The normalized spacial score (nSPS) is 21.5. The smallest absolute Gasteiger partial charge is 0.100 e. The number of hydrogen-bond donors (Lipinski definition) is 1. The molecule has 0 atom stereocenters. The minimum atomic E-state index is -0.384. The molecule has 0 aromatic heterocycles. The van der Waals surface area contributed by atoms with Crippen molar-refractivity contribution in [2.24, 2.45) is 5.40 Å². The highest BCUT2D eigenvalue weighted by molar-refractivity contribution is 6.36. The van der Waals surface area contributed by atoms with Gasteiger partial charge in [0.1, 0.15) is 9.68 Å². The Morgan fingerprint density at radius 2 is 1.36 bits per heavy atom. The van der Waals surface area contributed by atoms with Crippen molar-refractivity contribution in [3.05, 3.63) is 22.3 Å². The Morgan fingerprint density at radius 3 is 1.55 bits per heavy atom. The molecule has 0 fully saturated rings. The molecule has 0 bridgehead atoms. The van der Waals surface area contributed by atoms with E-state index < -0.39 is 0 Å². The Bertz CT molecular complexity index is 214. The summed E-state index contributed by atoms with van der Waals surface area (Å²) in [7, 11) is -0.384. The molecule has 0 saturated carbocycles. The monoisotopic (exact) mass is 167 g/mol. The lowest BCUT2D eigenvalue weighted by Crippen LogP contribution is -2.14. The largest absolute Gasteiger partial charge is 0.355 e. The third-order valence-corrected chi connectivity index (χ3v) is 4.72. The van der Waals surface area contributed by atoms with Crippen molar-refractivity contribution in [2.75, 3.05) is 0 Å². The van der Waals surface area contributed by atoms with Crippen LogP contribution in [0.5, 0.6) is 0 Å². The molecule has 0 radical (unpaired) electrons. The van der Waals surface area contributed by atoms with Crippen LogP contribution in [0, 0.1) is 0 Å². The predicted molar refractivity (Wildman–Crippen MR) is 53.2 cm³/mol. The maximum absolute atomic E-state index is 5.81. The summed E-state index contributed by atoms with van der Waals surface area (Å²) in [5.74, 6) is 0. The van der Waals surface area contributed by atoms with Crippen molar-refractivity contribution >= 4 is 9.68 Å². The van der Waals surface area contributed by atoms with E-state index in [1.165, 1.54) is 22.3 Å². The average molecular weight is 167 g/mol. The van der Waals surface area contributed by atoms with Gasteiger partial charge in [-0.2, -0.15) is 0 Å². The Morgan fingerprint density at radius 1 is 1.00 bits per heavy atom. The molecule has 1 rings (SSSR count). The van der Waals surface area contributed by atoms with E-state index >= 15 is 0 Å². The molecule has 2 heteroatoms. The van der Waals surface area contributed by atoms with E-state index in [1.54, 1.807) is 0 Å². The van der Waals surface area contributed by atoms with E-state index in [4.69, 9.17) is 5.40 Å². The molecule has 0 aliphatic heterocycles. The molecule has 62 valence electrons. The second-order valence-electron chi connectivity index (χ2n) is 3.40. The van der Waals surface area contributed by atoms with Gasteiger partial charge in [-0.25, -0.2) is 0 Å². The van der Waals surface area contributed by atoms with Gasteiger partial charge in [0.2, 0.25) is 0 Å². The van der Waals surface area contributed by atoms with Crippen LogP contribution in [0.25, 0.3) is 0 Å². The summed E-state index contributed by atoms with van der Waals surface area (Å²) >= 11 is 0. The number of hydrogen-bond acceptors (Lipinski definition) is 1. The molecule has 0 aromatic carbocycles. The van der Waals surface area contributed by atoms with Gasteiger partial charge in [0.05, 0.1) is 0 Å². The fourth-order valence-electron chi connectivity index (χ4n) is 1.79. The molecular formula is C9H17NSi. The van der Waals surface area contributed by atoms with Crippen LogP contribution in [0.1, 0.15) is 27.7 Å². The quantitative estimate of drug-likeness (QED) is 0.589. The van der Waals surface area contributed by atoms with E-state index in [0.29, 0.717) is 5.54 Å². The van der Waals surface area contributed by atoms with Gasteiger partial charge >= 0.3 is 0 Å². The molecule has 0 saturated heterocycles. The summed E-state index contributed by atoms with van der Waals surface area (Å²) in [6.45, 7) is 8.86. The van der Waals surface area contributed by atoms with Gasteiger partial charge in [0.15, 0.2) is 0 Å². The topological polar surface area (TPSA) is 26.0 Å². The molecule has 11 heavy (non-hydrogen) atoms. The van der Waals surface area contributed by atoms with E-state index in [9.17, 15) is 0 Å². The lowest BCUT2D eigenvalue weighted by atomic mass is 10.1. The summed E-state index contributed by atoms with van der Waals surface area (Å²) in [5.41, 5.74) is 6.66. The third-order valence-electron chi connectivity index (χ3n) is 3.03. The zero-order valence-corrected chi connectivity index (χ0v) is 9.28. The van der Waals surface area contributed by atoms with Crippen molar-refractivity contribution in [3.63, 3.8) is 0 Å². The first kappa shape index (κ1) is 8.75. The Kier molecular flexibility index (Phi) is 2.35. The van der Waals surface area contributed by atoms with Crippen LogP contribution in [0.15, 0.2) is 22.3 Å². The summed E-state index contributed by atoms with van der Waals surface area (Å²) < 4.78 is 0. The molecule has 0 spiro atoms. The SMILES string of the molecule is CC1=C(C)C([SiH2]N)C(C)=C1C. The Labute approximate surface area is 71.3 Å². The van der Waals surface area contributed by atoms with Crippen molar-refractivity contribution < 1.29 is 0 Å². The van der Waals surface area contributed by atoms with Gasteiger partial charge in [-0.3, -0.25) is 0 Å². The summed E-state index contributed by atoms with van der Waals surface area (Å²) in [5, 5.41) is 5.81. The van der Waals surface area contributed by atoms with Crippen molar-refractivity contribution in [2.45, 2.75) is 33.2 Å². The molecule has 0 heterocycles. The second kappa shape index (κ2) is 2.95. The van der Waals surface area contributed by atoms with Crippen molar-refractivity contribution in [1.29, 1.82) is 0 Å². The van der Waals surface area contributed by atoms with Gasteiger partial charge in [0.25, 0.3) is 0 Å². The van der Waals surface area contributed by atoms with Gasteiger partial charge in [-0.15, -0.1) is 0 Å². The maximum atomic E-state index is 5.81. The average Bonchev–Trinajstić information content (AvgIpc) is 2.17. The highest BCUT2D eigenvalue weighted by Crippen LogP contribution is 2.39. The second-order valence-corrected chi connectivity index (χ2v) is 4.69. The van der Waals surface area contributed by atoms with Crippen LogP contribution < -0.4 is 5.40 Å². The minimum absolute atomic E-state index is 0.384. The summed E-state index contributed by atoms with van der Waals surface area (Å²) in [4.78, 5) is 0. The fourth-order valence-corrected chi connectivity index (χ4v) is 3.11. The molecule has 1 aliphatic rings. The van der Waals surface area contributed by atoms with Crippen molar-refractivity contribution in [1.82, 2.24) is 0 Å².